The van der Waals surface area contributed by atoms with Crippen LogP contribution in [0.15, 0.2) is 35.7 Å². The molecule has 0 N–H and O–H groups in total. The van der Waals surface area contributed by atoms with Gasteiger partial charge in [-0.2, -0.15) is 0 Å². The van der Waals surface area contributed by atoms with Gasteiger partial charge < -0.3 is 9.80 Å². The van der Waals surface area contributed by atoms with E-state index in [1.54, 1.807) is 11.3 Å². The van der Waals surface area contributed by atoms with Crippen molar-refractivity contribution in [2.75, 3.05) is 13.1 Å². The molecule has 0 bridgehead atoms. The van der Waals surface area contributed by atoms with Gasteiger partial charge in [0.1, 0.15) is 0 Å². The number of amides is 2. The zero-order chi connectivity index (χ0) is 17.4. The average Bonchev–Trinajstić information content (AvgIpc) is 3.25. The Labute approximate surface area is 152 Å². The molecule has 0 saturated carbocycles. The SMILES string of the molecule is CC1c2ccsc2CCN1C(=O)c1ccc(CN2CCCC2=O)cc1. The van der Waals surface area contributed by atoms with Crippen LogP contribution >= 0.6 is 11.3 Å². The Morgan fingerprint density at radius 1 is 1.16 bits per heavy atom. The number of carbonyl (C=O) groups is 2. The molecule has 2 amide bonds. The Balaban J connectivity index is 1.47. The van der Waals surface area contributed by atoms with Crippen molar-refractivity contribution < 1.29 is 9.59 Å². The van der Waals surface area contributed by atoms with E-state index in [0.29, 0.717) is 13.0 Å². The van der Waals surface area contributed by atoms with Crippen molar-refractivity contribution in [2.24, 2.45) is 0 Å². The Hall–Kier alpha value is -2.14. The van der Waals surface area contributed by atoms with Crippen molar-refractivity contribution in [2.45, 2.75) is 38.8 Å². The monoisotopic (exact) mass is 354 g/mol. The van der Waals surface area contributed by atoms with Crippen LogP contribution in [0.25, 0.3) is 0 Å². The highest BCUT2D eigenvalue weighted by atomic mass is 32.1. The number of thiophene rings is 1. The van der Waals surface area contributed by atoms with Crippen LogP contribution in [-0.2, 0) is 17.8 Å². The summed E-state index contributed by atoms with van der Waals surface area (Å²) in [4.78, 5) is 29.9. The minimum atomic E-state index is 0.0909. The Morgan fingerprint density at radius 2 is 1.96 bits per heavy atom. The van der Waals surface area contributed by atoms with Crippen molar-refractivity contribution in [3.8, 4) is 0 Å². The summed E-state index contributed by atoms with van der Waals surface area (Å²) in [5, 5.41) is 2.11. The van der Waals surface area contributed by atoms with Gasteiger partial charge in [0.25, 0.3) is 5.91 Å². The zero-order valence-corrected chi connectivity index (χ0v) is 15.2. The van der Waals surface area contributed by atoms with Gasteiger partial charge in [0.15, 0.2) is 0 Å². The van der Waals surface area contributed by atoms with E-state index in [0.717, 1.165) is 37.1 Å². The molecule has 130 valence electrons. The Kier molecular flexibility index (Phi) is 4.34. The fraction of sp³-hybridized carbons (Fsp3) is 0.400. The summed E-state index contributed by atoms with van der Waals surface area (Å²) in [6.45, 7) is 4.37. The maximum atomic E-state index is 12.9. The molecule has 2 aromatic rings. The van der Waals surface area contributed by atoms with E-state index < -0.39 is 0 Å². The van der Waals surface area contributed by atoms with Crippen LogP contribution in [0.3, 0.4) is 0 Å². The summed E-state index contributed by atoms with van der Waals surface area (Å²) in [6.07, 6.45) is 2.55. The van der Waals surface area contributed by atoms with E-state index in [1.807, 2.05) is 34.1 Å². The topological polar surface area (TPSA) is 40.6 Å². The van der Waals surface area contributed by atoms with E-state index in [1.165, 1.54) is 10.4 Å². The minimum absolute atomic E-state index is 0.0909. The quantitative estimate of drug-likeness (QED) is 0.844. The minimum Gasteiger partial charge on any atom is -0.338 e. The fourth-order valence-electron chi connectivity index (χ4n) is 3.80. The molecule has 1 aromatic heterocycles. The molecule has 1 saturated heterocycles. The summed E-state index contributed by atoms with van der Waals surface area (Å²) < 4.78 is 0. The molecule has 1 unspecified atom stereocenters. The van der Waals surface area contributed by atoms with Crippen molar-refractivity contribution in [1.82, 2.24) is 9.80 Å². The molecule has 4 nitrogen and oxygen atoms in total. The van der Waals surface area contributed by atoms with E-state index in [9.17, 15) is 9.59 Å². The van der Waals surface area contributed by atoms with Crippen molar-refractivity contribution in [3.05, 3.63) is 57.3 Å². The number of carbonyl (C=O) groups excluding carboxylic acids is 2. The number of rotatable bonds is 3. The van der Waals surface area contributed by atoms with Crippen LogP contribution in [0, 0.1) is 0 Å². The van der Waals surface area contributed by atoms with Gasteiger partial charge in [-0.1, -0.05) is 12.1 Å². The summed E-state index contributed by atoms with van der Waals surface area (Å²) in [7, 11) is 0. The lowest BCUT2D eigenvalue weighted by atomic mass is 10.00. The van der Waals surface area contributed by atoms with Gasteiger partial charge in [0.2, 0.25) is 5.91 Å². The second-order valence-corrected chi connectivity index (χ2v) is 7.84. The van der Waals surface area contributed by atoms with E-state index in [-0.39, 0.29) is 17.9 Å². The van der Waals surface area contributed by atoms with Gasteiger partial charge in [0, 0.05) is 36.5 Å². The lowest BCUT2D eigenvalue weighted by Crippen LogP contribution is -2.38. The molecule has 3 heterocycles. The van der Waals surface area contributed by atoms with Crippen LogP contribution in [-0.4, -0.2) is 34.7 Å². The summed E-state index contributed by atoms with van der Waals surface area (Å²) >= 11 is 1.79. The number of likely N-dealkylation sites (tertiary alicyclic amines) is 1. The van der Waals surface area contributed by atoms with Crippen LogP contribution in [0.1, 0.15) is 52.2 Å². The van der Waals surface area contributed by atoms with Crippen molar-refractivity contribution in [3.63, 3.8) is 0 Å². The first-order valence-corrected chi connectivity index (χ1v) is 9.75. The van der Waals surface area contributed by atoms with E-state index in [2.05, 4.69) is 18.4 Å². The second-order valence-electron chi connectivity index (χ2n) is 6.84. The molecule has 25 heavy (non-hydrogen) atoms. The normalized spacial score (nSPS) is 20.0. The molecule has 1 aromatic carbocycles. The van der Waals surface area contributed by atoms with Crippen molar-refractivity contribution in [1.29, 1.82) is 0 Å². The molecule has 4 rings (SSSR count). The maximum Gasteiger partial charge on any atom is 0.254 e. The Bertz CT molecular complexity index is 796. The lowest BCUT2D eigenvalue weighted by molar-refractivity contribution is -0.128. The standard InChI is InChI=1S/C20H22N2O2S/c1-14-17-9-12-25-18(17)8-11-22(14)20(24)16-6-4-15(5-7-16)13-21-10-2-3-19(21)23/h4-7,9,12,14H,2-3,8,10-11,13H2,1H3. The summed E-state index contributed by atoms with van der Waals surface area (Å²) in [5.41, 5.74) is 3.09. The lowest BCUT2D eigenvalue weighted by Gasteiger charge is -2.33. The second kappa shape index (κ2) is 6.64. The number of hydrogen-bond acceptors (Lipinski definition) is 3. The summed E-state index contributed by atoms with van der Waals surface area (Å²) in [6, 6.07) is 10.0. The zero-order valence-electron chi connectivity index (χ0n) is 14.4. The molecule has 2 aliphatic rings. The smallest absolute Gasteiger partial charge is 0.254 e. The average molecular weight is 354 g/mol. The van der Waals surface area contributed by atoms with E-state index >= 15 is 0 Å². The molecule has 1 atom stereocenters. The van der Waals surface area contributed by atoms with Crippen LogP contribution in [0.5, 0.6) is 0 Å². The third-order valence-electron chi connectivity index (χ3n) is 5.28. The highest BCUT2D eigenvalue weighted by molar-refractivity contribution is 7.10. The molecular weight excluding hydrogens is 332 g/mol. The predicted octanol–water partition coefficient (Wildman–Crippen LogP) is 3.63. The van der Waals surface area contributed by atoms with Gasteiger partial charge in [0.05, 0.1) is 6.04 Å². The molecule has 0 aliphatic carbocycles. The van der Waals surface area contributed by atoms with Gasteiger partial charge in [-0.25, -0.2) is 0 Å². The van der Waals surface area contributed by atoms with E-state index in [4.69, 9.17) is 0 Å². The predicted molar refractivity (Wildman–Crippen MR) is 98.6 cm³/mol. The van der Waals surface area contributed by atoms with Gasteiger partial charge >= 0.3 is 0 Å². The van der Waals surface area contributed by atoms with Crippen LogP contribution in [0.4, 0.5) is 0 Å². The largest absolute Gasteiger partial charge is 0.338 e. The summed E-state index contributed by atoms with van der Waals surface area (Å²) in [5.74, 6) is 0.321. The van der Waals surface area contributed by atoms with Crippen LogP contribution in [0.2, 0.25) is 0 Å². The maximum absolute atomic E-state index is 12.9. The van der Waals surface area contributed by atoms with Gasteiger partial charge in [-0.3, -0.25) is 9.59 Å². The number of benzene rings is 1. The molecule has 0 radical (unpaired) electrons. The molecule has 1 fully saturated rings. The van der Waals surface area contributed by atoms with Crippen LogP contribution < -0.4 is 0 Å². The molecule has 5 heteroatoms. The van der Waals surface area contributed by atoms with Gasteiger partial charge in [-0.05, 0) is 54.5 Å². The molecular formula is C20H22N2O2S. The molecule has 0 spiro atoms. The number of fused-ring (bicyclic) bond motifs is 1. The first-order chi connectivity index (χ1) is 12.1. The number of nitrogens with zero attached hydrogens (tertiary/aromatic N) is 2. The highest BCUT2D eigenvalue weighted by Gasteiger charge is 2.29. The first-order valence-electron chi connectivity index (χ1n) is 8.87. The third-order valence-corrected chi connectivity index (χ3v) is 6.28. The van der Waals surface area contributed by atoms with Gasteiger partial charge in [-0.15, -0.1) is 11.3 Å². The Morgan fingerprint density at radius 3 is 2.68 bits per heavy atom. The fourth-order valence-corrected chi connectivity index (χ4v) is 4.76. The molecule has 2 aliphatic heterocycles. The highest BCUT2D eigenvalue weighted by Crippen LogP contribution is 2.33. The first kappa shape index (κ1) is 16.3. The number of hydrogen-bond donors (Lipinski definition) is 0. The van der Waals surface area contributed by atoms with Crippen molar-refractivity contribution >= 4 is 23.2 Å². The third kappa shape index (κ3) is 3.09.